The molecular weight excluding hydrogens is 302 g/mol. The Labute approximate surface area is 133 Å². The van der Waals surface area contributed by atoms with E-state index >= 15 is 0 Å². The monoisotopic (exact) mass is 329 g/mol. The summed E-state index contributed by atoms with van der Waals surface area (Å²) >= 11 is 0. The molecule has 0 saturated carbocycles. The zero-order chi connectivity index (χ0) is 16.2. The van der Waals surface area contributed by atoms with E-state index in [1.54, 1.807) is 6.20 Å². The summed E-state index contributed by atoms with van der Waals surface area (Å²) in [5, 5.41) is 4.28. The van der Waals surface area contributed by atoms with Crippen molar-refractivity contribution in [2.24, 2.45) is 5.92 Å². The molecule has 0 N–H and O–H groups in total. The van der Waals surface area contributed by atoms with Crippen molar-refractivity contribution in [3.05, 3.63) is 18.0 Å². The fraction of sp³-hybridized carbons (Fsp3) is 0.800. The average molecular weight is 329 g/mol. The maximum atomic E-state index is 12.0. The van der Waals surface area contributed by atoms with Crippen LogP contribution < -0.4 is 0 Å². The molecule has 22 heavy (non-hydrogen) atoms. The highest BCUT2D eigenvalue weighted by molar-refractivity contribution is 7.91. The largest absolute Gasteiger partial charge is 0.380 e. The molecule has 1 saturated heterocycles. The molecule has 0 aromatic carbocycles. The van der Waals surface area contributed by atoms with Crippen LogP contribution in [0.15, 0.2) is 12.4 Å². The van der Waals surface area contributed by atoms with Gasteiger partial charge in [-0.2, -0.15) is 5.10 Å². The predicted octanol–water partition coefficient (Wildman–Crippen LogP) is 1.35. The van der Waals surface area contributed by atoms with Gasteiger partial charge in [-0.15, -0.1) is 0 Å². The lowest BCUT2D eigenvalue weighted by Gasteiger charge is -2.34. The second kappa shape index (κ2) is 7.57. The first-order valence-electron chi connectivity index (χ1n) is 7.96. The number of hydrogen-bond acceptors (Lipinski definition) is 5. The Morgan fingerprint density at radius 2 is 2.23 bits per heavy atom. The van der Waals surface area contributed by atoms with Gasteiger partial charge in [-0.1, -0.05) is 13.8 Å². The molecule has 1 fully saturated rings. The van der Waals surface area contributed by atoms with Crippen molar-refractivity contribution in [3.63, 3.8) is 0 Å². The molecule has 0 bridgehead atoms. The van der Waals surface area contributed by atoms with Gasteiger partial charge in [-0.3, -0.25) is 9.58 Å². The molecule has 1 aromatic rings. The average Bonchev–Trinajstić information content (AvgIpc) is 2.93. The van der Waals surface area contributed by atoms with Crippen molar-refractivity contribution in [1.82, 2.24) is 14.7 Å². The molecule has 0 radical (unpaired) electrons. The van der Waals surface area contributed by atoms with E-state index in [0.717, 1.165) is 25.3 Å². The Morgan fingerprint density at radius 3 is 2.86 bits per heavy atom. The number of nitrogens with zero attached hydrogens (tertiary/aromatic N) is 3. The highest BCUT2D eigenvalue weighted by Gasteiger charge is 2.32. The van der Waals surface area contributed by atoms with Crippen LogP contribution in [0.25, 0.3) is 0 Å². The molecule has 126 valence electrons. The molecule has 1 aliphatic heterocycles. The lowest BCUT2D eigenvalue weighted by atomic mass is 10.1. The lowest BCUT2D eigenvalue weighted by Crippen LogP contribution is -2.44. The smallest absolute Gasteiger partial charge is 0.153 e. The molecule has 1 aromatic heterocycles. The number of hydrogen-bond donors (Lipinski definition) is 0. The van der Waals surface area contributed by atoms with Crippen LogP contribution in [-0.4, -0.2) is 60.9 Å². The highest BCUT2D eigenvalue weighted by Crippen LogP contribution is 2.26. The fourth-order valence-electron chi connectivity index (χ4n) is 2.64. The summed E-state index contributed by atoms with van der Waals surface area (Å²) in [6.07, 6.45) is 3.74. The SMILES string of the molecule is CCn1cc([C@@H]2CS(=O)(=O)CCN2CCOCC(C)C)cn1. The normalized spacial score (nSPS) is 22.3. The lowest BCUT2D eigenvalue weighted by molar-refractivity contribution is 0.0752. The first-order valence-corrected chi connectivity index (χ1v) is 9.78. The molecular formula is C15H27N3O3S. The number of sulfone groups is 1. The van der Waals surface area contributed by atoms with Crippen LogP contribution >= 0.6 is 0 Å². The summed E-state index contributed by atoms with van der Waals surface area (Å²) in [5.41, 5.74) is 0.981. The third kappa shape index (κ3) is 4.79. The van der Waals surface area contributed by atoms with Gasteiger partial charge in [-0.25, -0.2) is 8.42 Å². The third-order valence-corrected chi connectivity index (χ3v) is 5.51. The van der Waals surface area contributed by atoms with Gasteiger partial charge < -0.3 is 4.74 Å². The maximum absolute atomic E-state index is 12.0. The van der Waals surface area contributed by atoms with Gasteiger partial charge in [0, 0.05) is 38.0 Å². The van der Waals surface area contributed by atoms with Crippen LogP contribution in [0.4, 0.5) is 0 Å². The Kier molecular flexibility index (Phi) is 6.00. The van der Waals surface area contributed by atoms with E-state index in [0.29, 0.717) is 19.1 Å². The summed E-state index contributed by atoms with van der Waals surface area (Å²) in [6.45, 7) is 9.74. The van der Waals surface area contributed by atoms with Crippen molar-refractivity contribution in [2.45, 2.75) is 33.4 Å². The van der Waals surface area contributed by atoms with Gasteiger partial charge >= 0.3 is 0 Å². The first-order chi connectivity index (χ1) is 10.4. The summed E-state index contributed by atoms with van der Waals surface area (Å²) in [6, 6.07) is -0.110. The summed E-state index contributed by atoms with van der Waals surface area (Å²) in [7, 11) is -2.97. The summed E-state index contributed by atoms with van der Waals surface area (Å²) in [5.74, 6) is 0.919. The zero-order valence-electron chi connectivity index (χ0n) is 13.7. The van der Waals surface area contributed by atoms with Gasteiger partial charge in [0.1, 0.15) is 0 Å². The van der Waals surface area contributed by atoms with Crippen molar-refractivity contribution in [1.29, 1.82) is 0 Å². The standard InChI is InChI=1S/C15H27N3O3S/c1-4-18-10-14(9-16-18)15-12-22(19,20)8-6-17(15)5-7-21-11-13(2)3/h9-10,13,15H,4-8,11-12H2,1-3H3/t15-/m0/s1. The molecule has 1 aliphatic rings. The molecule has 6 nitrogen and oxygen atoms in total. The molecule has 0 unspecified atom stereocenters. The van der Waals surface area contributed by atoms with E-state index in [1.807, 2.05) is 17.8 Å². The predicted molar refractivity (Wildman–Crippen MR) is 86.5 cm³/mol. The Hall–Kier alpha value is -0.920. The van der Waals surface area contributed by atoms with Crippen molar-refractivity contribution >= 4 is 9.84 Å². The second-order valence-electron chi connectivity index (χ2n) is 6.26. The summed E-state index contributed by atoms with van der Waals surface area (Å²) < 4.78 is 31.5. The Morgan fingerprint density at radius 1 is 1.45 bits per heavy atom. The minimum absolute atomic E-state index is 0.110. The molecule has 0 amide bonds. The Balaban J connectivity index is 2.02. The fourth-order valence-corrected chi connectivity index (χ4v) is 4.21. The molecule has 7 heteroatoms. The quantitative estimate of drug-likeness (QED) is 0.707. The van der Waals surface area contributed by atoms with E-state index in [4.69, 9.17) is 4.74 Å². The first kappa shape index (κ1) is 17.4. The van der Waals surface area contributed by atoms with Crippen LogP contribution in [0.5, 0.6) is 0 Å². The van der Waals surface area contributed by atoms with Crippen LogP contribution in [-0.2, 0) is 21.1 Å². The number of aromatic nitrogens is 2. The second-order valence-corrected chi connectivity index (χ2v) is 8.49. The van der Waals surface area contributed by atoms with Gasteiger partial charge in [-0.05, 0) is 12.8 Å². The van der Waals surface area contributed by atoms with Gasteiger partial charge in [0.25, 0.3) is 0 Å². The number of ether oxygens (including phenoxy) is 1. The molecule has 1 atom stereocenters. The minimum atomic E-state index is -2.97. The van der Waals surface area contributed by atoms with Crippen LogP contribution in [0.1, 0.15) is 32.4 Å². The van der Waals surface area contributed by atoms with E-state index < -0.39 is 9.84 Å². The van der Waals surface area contributed by atoms with Crippen molar-refractivity contribution in [3.8, 4) is 0 Å². The van der Waals surface area contributed by atoms with Crippen molar-refractivity contribution < 1.29 is 13.2 Å². The third-order valence-electron chi connectivity index (χ3n) is 3.88. The maximum Gasteiger partial charge on any atom is 0.153 e. The topological polar surface area (TPSA) is 64.4 Å². The van der Waals surface area contributed by atoms with Crippen LogP contribution in [0.2, 0.25) is 0 Å². The molecule has 0 aliphatic carbocycles. The van der Waals surface area contributed by atoms with E-state index in [2.05, 4.69) is 23.8 Å². The van der Waals surface area contributed by atoms with Gasteiger partial charge in [0.05, 0.1) is 30.4 Å². The van der Waals surface area contributed by atoms with Gasteiger partial charge in [0.2, 0.25) is 0 Å². The summed E-state index contributed by atoms with van der Waals surface area (Å²) in [4.78, 5) is 2.21. The van der Waals surface area contributed by atoms with E-state index in [1.165, 1.54) is 0 Å². The van der Waals surface area contributed by atoms with E-state index in [-0.39, 0.29) is 17.5 Å². The van der Waals surface area contributed by atoms with Crippen molar-refractivity contribution in [2.75, 3.05) is 37.8 Å². The van der Waals surface area contributed by atoms with E-state index in [9.17, 15) is 8.42 Å². The molecule has 2 heterocycles. The number of rotatable bonds is 7. The molecule has 2 rings (SSSR count). The Bertz CT molecular complexity index is 568. The highest BCUT2D eigenvalue weighted by atomic mass is 32.2. The van der Waals surface area contributed by atoms with Crippen LogP contribution in [0.3, 0.4) is 0 Å². The molecule has 0 spiro atoms. The minimum Gasteiger partial charge on any atom is -0.380 e. The number of aryl methyl sites for hydroxylation is 1. The zero-order valence-corrected chi connectivity index (χ0v) is 14.6. The van der Waals surface area contributed by atoms with Gasteiger partial charge in [0.15, 0.2) is 9.84 Å². The van der Waals surface area contributed by atoms with Crippen LogP contribution in [0, 0.1) is 5.92 Å².